The zero-order valence-electron chi connectivity index (χ0n) is 31.5. The van der Waals surface area contributed by atoms with Gasteiger partial charge in [0.05, 0.1) is 38.1 Å². The summed E-state index contributed by atoms with van der Waals surface area (Å²) in [6.07, 6.45) is 0.198. The van der Waals surface area contributed by atoms with Crippen molar-refractivity contribution in [1.29, 1.82) is 0 Å². The second-order valence-corrected chi connectivity index (χ2v) is 11.1. The zero-order chi connectivity index (χ0) is 40.0. The molecule has 0 radical (unpaired) electrons. The summed E-state index contributed by atoms with van der Waals surface area (Å²) >= 11 is 0. The number of carboxylic acids is 1. The number of hydrogen-bond acceptors (Lipinski definition) is 13. The van der Waals surface area contributed by atoms with Gasteiger partial charge < -0.3 is 24.7 Å². The van der Waals surface area contributed by atoms with E-state index in [9.17, 15) is 4.79 Å². The molecule has 14 nitrogen and oxygen atoms in total. The van der Waals surface area contributed by atoms with Crippen LogP contribution < -0.4 is 0 Å². The first-order valence-corrected chi connectivity index (χ1v) is 17.2. The van der Waals surface area contributed by atoms with Crippen LogP contribution in [0.4, 0.5) is 0 Å². The van der Waals surface area contributed by atoms with Crippen molar-refractivity contribution in [2.45, 2.75) is 80.6 Å². The Labute approximate surface area is 331 Å². The van der Waals surface area contributed by atoms with Gasteiger partial charge in [0.2, 0.25) is 11.5 Å². The monoisotopic (exact) mass is 788 g/mol. The van der Waals surface area contributed by atoms with Crippen LogP contribution in [0.3, 0.4) is 0 Å². The first-order chi connectivity index (χ1) is 26.1. The molecule has 3 atom stereocenters. The highest BCUT2D eigenvalue weighted by Crippen LogP contribution is 2.25. The van der Waals surface area contributed by atoms with Crippen LogP contribution in [-0.2, 0) is 48.8 Å². The van der Waals surface area contributed by atoms with Crippen LogP contribution in [0.15, 0.2) is 125 Å². The molecule has 4 N–H and O–H groups in total. The summed E-state index contributed by atoms with van der Waals surface area (Å²) in [7, 11) is 0. The molecule has 0 heterocycles. The van der Waals surface area contributed by atoms with Crippen LogP contribution in [0.5, 0.6) is 0 Å². The Hall–Kier alpha value is -4.95. The molecule has 0 aliphatic heterocycles. The van der Waals surface area contributed by atoms with E-state index in [-0.39, 0.29) is 57.2 Å². The lowest BCUT2D eigenvalue weighted by atomic mass is 9.98. The normalized spacial score (nSPS) is 11.2. The van der Waals surface area contributed by atoms with E-state index in [0.717, 1.165) is 16.7 Å². The molecule has 312 valence electrons. The first kappa shape index (κ1) is 53.2. The molecule has 0 saturated carbocycles. The Kier molecular flexibility index (Phi) is 31.7. The maximum atomic E-state index is 10.4. The van der Waals surface area contributed by atoms with Crippen molar-refractivity contribution >= 4 is 5.97 Å². The quantitative estimate of drug-likeness (QED) is 0.0263. The van der Waals surface area contributed by atoms with Gasteiger partial charge in [0.1, 0.15) is 0 Å². The van der Waals surface area contributed by atoms with E-state index in [1.165, 1.54) is 0 Å². The summed E-state index contributed by atoms with van der Waals surface area (Å²) in [6, 6.07) is 28.8. The molecule has 3 aromatic carbocycles. The SMILES string of the molecule is C.C.CCOOCC(=C=C(OOCC)[C@@H](C)c1ccccc1)OOCC.C[C@H](C(=C=C(COO)OO)OO)c1ccccc1.C[C@H](CC(=O)O)c1ccccc1. The number of aliphatic carboxylic acids is 1. The van der Waals surface area contributed by atoms with Crippen molar-refractivity contribution in [3.63, 3.8) is 0 Å². The van der Waals surface area contributed by atoms with E-state index in [2.05, 4.69) is 26.1 Å². The lowest BCUT2D eigenvalue weighted by molar-refractivity contribution is -0.314. The van der Waals surface area contributed by atoms with Crippen molar-refractivity contribution in [2.24, 2.45) is 0 Å². The Bertz CT molecular complexity index is 1550. The average Bonchev–Trinajstić information content (AvgIpc) is 3.20. The average molecular weight is 789 g/mol. The van der Waals surface area contributed by atoms with E-state index in [1.807, 2.05) is 126 Å². The topological polar surface area (TPSA) is 181 Å². The predicted molar refractivity (Wildman–Crippen MR) is 210 cm³/mol. The molecule has 14 heteroatoms. The molecule has 0 fully saturated rings. The van der Waals surface area contributed by atoms with Crippen LogP contribution in [0.25, 0.3) is 0 Å². The second-order valence-electron chi connectivity index (χ2n) is 11.1. The molecule has 0 amide bonds. The van der Waals surface area contributed by atoms with Gasteiger partial charge in [-0.25, -0.2) is 25.2 Å². The van der Waals surface area contributed by atoms with Gasteiger partial charge in [-0.2, -0.15) is 9.78 Å². The van der Waals surface area contributed by atoms with Crippen LogP contribution in [0, 0.1) is 0 Å². The Morgan fingerprint density at radius 1 is 0.571 bits per heavy atom. The smallest absolute Gasteiger partial charge is 0.303 e. The third-order valence-electron chi connectivity index (χ3n) is 7.10. The maximum absolute atomic E-state index is 10.4. The van der Waals surface area contributed by atoms with Gasteiger partial charge in [0.15, 0.2) is 24.7 Å². The minimum atomic E-state index is -0.744. The van der Waals surface area contributed by atoms with Crippen molar-refractivity contribution in [3.05, 3.63) is 142 Å². The van der Waals surface area contributed by atoms with Crippen molar-refractivity contribution in [2.75, 3.05) is 33.0 Å². The minimum Gasteiger partial charge on any atom is -0.481 e. The van der Waals surface area contributed by atoms with Crippen LogP contribution in [0.1, 0.15) is 97.3 Å². The lowest BCUT2D eigenvalue weighted by Gasteiger charge is -2.14. The summed E-state index contributed by atoms with van der Waals surface area (Å²) < 4.78 is 0. The molecule has 56 heavy (non-hydrogen) atoms. The third kappa shape index (κ3) is 22.4. The molecule has 0 bridgehead atoms. The number of rotatable bonds is 21. The Balaban J connectivity index is 0. The molecule has 0 aromatic heterocycles. The highest BCUT2D eigenvalue weighted by atomic mass is 17.2. The summed E-state index contributed by atoms with van der Waals surface area (Å²) in [5.74, 6) is -0.521. The van der Waals surface area contributed by atoms with Gasteiger partial charge in [-0.05, 0) is 54.8 Å². The van der Waals surface area contributed by atoms with Crippen molar-refractivity contribution < 1.29 is 69.7 Å². The van der Waals surface area contributed by atoms with Gasteiger partial charge in [0.25, 0.3) is 0 Å². The second kappa shape index (κ2) is 33.4. The van der Waals surface area contributed by atoms with E-state index in [0.29, 0.717) is 31.3 Å². The molecule has 0 unspecified atom stereocenters. The third-order valence-corrected chi connectivity index (χ3v) is 7.10. The largest absolute Gasteiger partial charge is 0.481 e. The number of benzene rings is 3. The highest BCUT2D eigenvalue weighted by molar-refractivity contribution is 5.67. The molecule has 3 rings (SSSR count). The first-order valence-electron chi connectivity index (χ1n) is 17.2. The summed E-state index contributed by atoms with van der Waals surface area (Å²) in [4.78, 5) is 52.8. The number of carbonyl (C=O) groups is 1. The highest BCUT2D eigenvalue weighted by Gasteiger charge is 2.16. The molecular weight excluding hydrogens is 728 g/mol. The lowest BCUT2D eigenvalue weighted by Crippen LogP contribution is -2.07. The van der Waals surface area contributed by atoms with Crippen LogP contribution in [0.2, 0.25) is 0 Å². The molecular formula is C42H60O14. The standard InChI is InChI=1S/C18H26O6.C12H14O6.C10H12O2.2CH4/c1-5-19-22-14-17(23-20-6-2)13-18(24-21-7-3)15(4)16-11-9-8-10-12-16;1-9(10-5-3-2-4-6-10)12(18-15)7-11(17-14)8-16-13;1-8(7-10(11)12)9-5-3-2-4-6-9;;/h8-12,15H,5-7,14H2,1-4H3;2-6,9,13-15H,8H2,1H3;2-6,8H,7H2,1H3,(H,11,12);2*1H4/t13?,15-;7?,9-;8-;;/m001../s1. The van der Waals surface area contributed by atoms with E-state index in [1.54, 1.807) is 6.92 Å². The van der Waals surface area contributed by atoms with Gasteiger partial charge in [-0.1, -0.05) is 127 Å². The number of hydrogen-bond donors (Lipinski definition) is 4. The van der Waals surface area contributed by atoms with Gasteiger partial charge >= 0.3 is 5.97 Å². The van der Waals surface area contributed by atoms with Crippen LogP contribution >= 0.6 is 0 Å². The fraction of sp³-hybridized carbons (Fsp3) is 0.405. The molecule has 0 aliphatic carbocycles. The summed E-state index contributed by atoms with van der Waals surface area (Å²) in [5.41, 5.74) is 8.48. The van der Waals surface area contributed by atoms with Crippen molar-refractivity contribution in [1.82, 2.24) is 0 Å². The zero-order valence-corrected chi connectivity index (χ0v) is 31.5. The summed E-state index contributed by atoms with van der Waals surface area (Å²) in [5, 5.41) is 34.1. The van der Waals surface area contributed by atoms with Gasteiger partial charge in [0, 0.05) is 0 Å². The fourth-order valence-electron chi connectivity index (χ4n) is 4.29. The summed E-state index contributed by atoms with van der Waals surface area (Å²) in [6.45, 7) is 12.0. The Morgan fingerprint density at radius 2 is 1.02 bits per heavy atom. The van der Waals surface area contributed by atoms with Gasteiger partial charge in [-0.15, -0.1) is 0 Å². The van der Waals surface area contributed by atoms with Gasteiger partial charge in [-0.3, -0.25) is 10.1 Å². The predicted octanol–water partition coefficient (Wildman–Crippen LogP) is 10.2. The van der Waals surface area contributed by atoms with Crippen LogP contribution in [-0.4, -0.2) is 59.9 Å². The molecule has 0 spiro atoms. The van der Waals surface area contributed by atoms with E-state index < -0.39 is 12.6 Å². The molecule has 0 saturated heterocycles. The fourth-order valence-corrected chi connectivity index (χ4v) is 4.29. The number of carboxylic acid groups (broad SMARTS) is 1. The van der Waals surface area contributed by atoms with E-state index >= 15 is 0 Å². The van der Waals surface area contributed by atoms with E-state index in [4.69, 9.17) is 50.2 Å². The Morgan fingerprint density at radius 3 is 1.45 bits per heavy atom. The minimum absolute atomic E-state index is 0. The maximum Gasteiger partial charge on any atom is 0.303 e. The van der Waals surface area contributed by atoms with Crippen molar-refractivity contribution in [3.8, 4) is 0 Å². The molecule has 3 aromatic rings. The molecule has 0 aliphatic rings.